The maximum atomic E-state index is 10.3. The van der Waals surface area contributed by atoms with E-state index in [1.807, 2.05) is 0 Å². The highest BCUT2D eigenvalue weighted by molar-refractivity contribution is 7.80. The molecule has 1 unspecified atom stereocenters. The molecule has 0 saturated heterocycles. The van der Waals surface area contributed by atoms with Gasteiger partial charge in [-0.15, -0.1) is 0 Å². The maximum Gasteiger partial charge on any atom is 0.234 e. The topological polar surface area (TPSA) is 55.1 Å². The Balaban J connectivity index is 3.27. The molecule has 3 N–H and O–H groups in total. The van der Waals surface area contributed by atoms with Crippen molar-refractivity contribution in [1.29, 1.82) is 0 Å². The molecule has 0 spiro atoms. The summed E-state index contributed by atoms with van der Waals surface area (Å²) in [5, 5.41) is 2.88. The van der Waals surface area contributed by atoms with Gasteiger partial charge < -0.3 is 11.1 Å². The number of nitrogens with two attached hydrogens (primary N) is 1. The van der Waals surface area contributed by atoms with Crippen LogP contribution in [0.15, 0.2) is 0 Å². The van der Waals surface area contributed by atoms with Crippen LogP contribution in [0.3, 0.4) is 0 Å². The zero-order chi connectivity index (χ0) is 7.28. The Labute approximate surface area is 60.4 Å². The van der Waals surface area contributed by atoms with Crippen LogP contribution in [0.5, 0.6) is 0 Å². The van der Waals surface area contributed by atoms with Crippen LogP contribution >= 0.6 is 12.6 Å². The van der Waals surface area contributed by atoms with E-state index in [0.29, 0.717) is 6.54 Å². The Hall–Kier alpha value is -0.220. The van der Waals surface area contributed by atoms with E-state index in [1.165, 1.54) is 0 Å². The zero-order valence-corrected chi connectivity index (χ0v) is 6.32. The van der Waals surface area contributed by atoms with Crippen LogP contribution in [-0.4, -0.2) is 24.2 Å². The van der Waals surface area contributed by atoms with Gasteiger partial charge in [0.15, 0.2) is 0 Å². The van der Waals surface area contributed by atoms with E-state index >= 15 is 0 Å². The summed E-state index contributed by atoms with van der Waals surface area (Å²) in [5.74, 6) is 0.397. The molecule has 0 aliphatic heterocycles. The number of nitrogens with one attached hydrogen (secondary N) is 1. The largest absolute Gasteiger partial charge is 0.368 e. The first-order valence-electron chi connectivity index (χ1n) is 2.82. The number of carbonyl (C=O) groups excluding carboxylic acids is 1. The fraction of sp³-hybridized carbons (Fsp3) is 0.800. The molecule has 4 heteroatoms. The van der Waals surface area contributed by atoms with E-state index in [2.05, 4.69) is 17.9 Å². The fourth-order valence-electron chi connectivity index (χ4n) is 0.382. The average Bonchev–Trinajstić information content (AvgIpc) is 1.82. The number of amides is 1. The summed E-state index contributed by atoms with van der Waals surface area (Å²) in [5.41, 5.74) is 4.95. The summed E-state index contributed by atoms with van der Waals surface area (Å²) in [6.45, 7) is 2.44. The second-order valence-corrected chi connectivity index (χ2v) is 2.25. The normalized spacial score (nSPS) is 13.1. The van der Waals surface area contributed by atoms with Crippen molar-refractivity contribution in [3.05, 3.63) is 0 Å². The van der Waals surface area contributed by atoms with E-state index in [4.69, 9.17) is 5.73 Å². The third kappa shape index (κ3) is 4.29. The molecular formula is C5H12N2OS. The minimum atomic E-state index is -0.322. The Morgan fingerprint density at radius 3 is 2.78 bits per heavy atom. The first kappa shape index (κ1) is 8.78. The molecule has 0 aliphatic rings. The van der Waals surface area contributed by atoms with Gasteiger partial charge in [0.2, 0.25) is 5.91 Å². The van der Waals surface area contributed by atoms with Crippen molar-refractivity contribution in [2.45, 2.75) is 13.0 Å². The molecule has 0 aromatic heterocycles. The molecule has 0 rings (SSSR count). The first-order chi connectivity index (χ1) is 4.18. The van der Waals surface area contributed by atoms with Crippen molar-refractivity contribution in [2.75, 3.05) is 12.3 Å². The van der Waals surface area contributed by atoms with Crippen molar-refractivity contribution in [1.82, 2.24) is 5.32 Å². The molecule has 0 aromatic rings. The minimum Gasteiger partial charge on any atom is -0.368 e. The lowest BCUT2D eigenvalue weighted by Gasteiger charge is -2.06. The van der Waals surface area contributed by atoms with Crippen molar-refractivity contribution < 1.29 is 4.79 Å². The monoisotopic (exact) mass is 148 g/mol. The van der Waals surface area contributed by atoms with Gasteiger partial charge in [0.1, 0.15) is 0 Å². The molecule has 0 saturated carbocycles. The van der Waals surface area contributed by atoms with E-state index in [9.17, 15) is 4.79 Å². The highest BCUT2D eigenvalue weighted by atomic mass is 32.1. The van der Waals surface area contributed by atoms with Crippen LogP contribution in [0.4, 0.5) is 0 Å². The Morgan fingerprint density at radius 2 is 2.44 bits per heavy atom. The Morgan fingerprint density at radius 1 is 1.89 bits per heavy atom. The molecule has 0 aliphatic carbocycles. The van der Waals surface area contributed by atoms with E-state index in [-0.39, 0.29) is 11.9 Å². The highest BCUT2D eigenvalue weighted by Crippen LogP contribution is 1.77. The predicted octanol–water partition coefficient (Wildman–Crippen LogP) is -0.620. The summed E-state index contributed by atoms with van der Waals surface area (Å²) in [7, 11) is 0. The number of carbonyl (C=O) groups is 1. The smallest absolute Gasteiger partial charge is 0.234 e. The summed E-state index contributed by atoms with van der Waals surface area (Å²) < 4.78 is 0. The molecule has 0 radical (unpaired) electrons. The van der Waals surface area contributed by atoms with Gasteiger partial charge in [0.05, 0.1) is 6.04 Å². The SMILES string of the molecule is CC(NCCS)C(N)=O. The lowest BCUT2D eigenvalue weighted by atomic mass is 10.3. The quantitative estimate of drug-likeness (QED) is 0.465. The van der Waals surface area contributed by atoms with Gasteiger partial charge in [-0.2, -0.15) is 12.6 Å². The van der Waals surface area contributed by atoms with Crippen LogP contribution in [-0.2, 0) is 4.79 Å². The number of primary amides is 1. The van der Waals surface area contributed by atoms with Crippen molar-refractivity contribution in [3.63, 3.8) is 0 Å². The van der Waals surface area contributed by atoms with Crippen molar-refractivity contribution >= 4 is 18.5 Å². The summed E-state index contributed by atoms with van der Waals surface area (Å²) in [6, 6.07) is -0.239. The number of rotatable bonds is 4. The number of hydrogen-bond acceptors (Lipinski definition) is 3. The summed E-state index contributed by atoms with van der Waals surface area (Å²) >= 11 is 3.95. The highest BCUT2D eigenvalue weighted by Gasteiger charge is 2.04. The Bertz CT molecular complexity index is 97.0. The second kappa shape index (κ2) is 4.64. The van der Waals surface area contributed by atoms with Crippen LogP contribution in [0.25, 0.3) is 0 Å². The molecular weight excluding hydrogens is 136 g/mol. The number of hydrogen-bond donors (Lipinski definition) is 3. The maximum absolute atomic E-state index is 10.3. The molecule has 0 heterocycles. The molecule has 0 fully saturated rings. The number of thiol groups is 1. The molecule has 1 atom stereocenters. The van der Waals surface area contributed by atoms with Gasteiger partial charge in [0, 0.05) is 12.3 Å². The molecule has 0 bridgehead atoms. The van der Waals surface area contributed by atoms with Crippen molar-refractivity contribution in [3.8, 4) is 0 Å². The molecule has 1 amide bonds. The molecule has 54 valence electrons. The molecule has 9 heavy (non-hydrogen) atoms. The summed E-state index contributed by atoms with van der Waals surface area (Å²) in [4.78, 5) is 10.3. The lowest BCUT2D eigenvalue weighted by molar-refractivity contribution is -0.119. The average molecular weight is 148 g/mol. The van der Waals surface area contributed by atoms with Crippen LogP contribution in [0.1, 0.15) is 6.92 Å². The predicted molar refractivity (Wildman–Crippen MR) is 40.5 cm³/mol. The third-order valence-electron chi connectivity index (χ3n) is 0.989. The van der Waals surface area contributed by atoms with Crippen molar-refractivity contribution in [2.24, 2.45) is 5.73 Å². The second-order valence-electron chi connectivity index (χ2n) is 1.80. The van der Waals surface area contributed by atoms with Gasteiger partial charge in [-0.3, -0.25) is 4.79 Å². The van der Waals surface area contributed by atoms with E-state index in [0.717, 1.165) is 5.75 Å². The van der Waals surface area contributed by atoms with Crippen LogP contribution in [0, 0.1) is 0 Å². The minimum absolute atomic E-state index is 0.239. The first-order valence-corrected chi connectivity index (χ1v) is 3.45. The standard InChI is InChI=1S/C5H12N2OS/c1-4(5(6)8)7-2-3-9/h4,7,9H,2-3H2,1H3,(H2,6,8). The molecule has 3 nitrogen and oxygen atoms in total. The van der Waals surface area contributed by atoms with E-state index in [1.54, 1.807) is 6.92 Å². The van der Waals surface area contributed by atoms with Gasteiger partial charge in [-0.05, 0) is 6.92 Å². The van der Waals surface area contributed by atoms with E-state index < -0.39 is 0 Å². The Kier molecular flexibility index (Phi) is 4.53. The van der Waals surface area contributed by atoms with Gasteiger partial charge in [0.25, 0.3) is 0 Å². The van der Waals surface area contributed by atoms with Gasteiger partial charge >= 0.3 is 0 Å². The third-order valence-corrected chi connectivity index (χ3v) is 1.21. The van der Waals surface area contributed by atoms with Crippen LogP contribution < -0.4 is 11.1 Å². The van der Waals surface area contributed by atoms with Crippen LogP contribution in [0.2, 0.25) is 0 Å². The lowest BCUT2D eigenvalue weighted by Crippen LogP contribution is -2.39. The fourth-order valence-corrected chi connectivity index (χ4v) is 0.511. The molecule has 0 aromatic carbocycles. The van der Waals surface area contributed by atoms with Gasteiger partial charge in [-0.25, -0.2) is 0 Å². The van der Waals surface area contributed by atoms with Gasteiger partial charge in [-0.1, -0.05) is 0 Å². The zero-order valence-electron chi connectivity index (χ0n) is 5.42. The summed E-state index contributed by atoms with van der Waals surface area (Å²) in [6.07, 6.45) is 0.